The molecule has 42 heavy (non-hydrogen) atoms. The summed E-state index contributed by atoms with van der Waals surface area (Å²) in [5.41, 5.74) is 0.118. The first kappa shape index (κ1) is 30.6. The Balaban J connectivity index is 1.65. The van der Waals surface area contributed by atoms with E-state index in [0.717, 1.165) is 19.3 Å². The molecule has 3 aromatic carbocycles. The van der Waals surface area contributed by atoms with Crippen LogP contribution in [0.3, 0.4) is 0 Å². The van der Waals surface area contributed by atoms with Crippen molar-refractivity contribution in [1.82, 2.24) is 0 Å². The molecule has 0 unspecified atom stereocenters. The molecule has 0 aliphatic rings. The van der Waals surface area contributed by atoms with Gasteiger partial charge in [0.1, 0.15) is 28.6 Å². The number of hydrogen-bond donors (Lipinski definition) is 0. The van der Waals surface area contributed by atoms with Gasteiger partial charge in [0, 0.05) is 12.2 Å². The van der Waals surface area contributed by atoms with Crippen LogP contribution in [0.15, 0.2) is 92.0 Å². The largest absolute Gasteiger partial charge is 0.465 e. The first-order valence-electron chi connectivity index (χ1n) is 11.9. The molecule has 0 aromatic heterocycles. The molecule has 216 valence electrons. The predicted molar refractivity (Wildman–Crippen MR) is 144 cm³/mol. The second-order valence-electron chi connectivity index (χ2n) is 7.84. The van der Waals surface area contributed by atoms with Crippen molar-refractivity contribution in [1.29, 1.82) is 0 Å². The monoisotopic (exact) mass is 576 g/mol. The molecule has 0 atom stereocenters. The molecule has 0 bridgehead atoms. The van der Waals surface area contributed by atoms with Crippen LogP contribution in [0.5, 0.6) is 23.0 Å². The molecule has 0 heterocycles. The Kier molecular flexibility index (Phi) is 11.0. The smallest absolute Gasteiger partial charge is 0.343 e. The van der Waals surface area contributed by atoms with Crippen molar-refractivity contribution in [2.24, 2.45) is 0 Å². The summed E-state index contributed by atoms with van der Waals surface area (Å²) in [6.45, 7) is 5.86. The Morgan fingerprint density at radius 2 is 1.07 bits per heavy atom. The number of hydrogen-bond acceptors (Lipinski definition) is 12. The van der Waals surface area contributed by atoms with E-state index in [2.05, 4.69) is 13.2 Å². The molecule has 12 heteroatoms. The van der Waals surface area contributed by atoms with E-state index in [0.29, 0.717) is 11.5 Å². The minimum atomic E-state index is -0.841. The number of ether oxygens (including phenoxy) is 7. The van der Waals surface area contributed by atoms with Crippen LogP contribution in [-0.4, -0.2) is 50.5 Å². The highest BCUT2D eigenvalue weighted by molar-refractivity contribution is 5.97. The summed E-state index contributed by atoms with van der Waals surface area (Å²) in [4.78, 5) is 59.8. The van der Waals surface area contributed by atoms with Crippen LogP contribution in [0.25, 0.3) is 0 Å². The highest BCUT2D eigenvalue weighted by atomic mass is 16.7. The van der Waals surface area contributed by atoms with Crippen LogP contribution in [0.4, 0.5) is 0 Å². The van der Waals surface area contributed by atoms with E-state index in [1.165, 1.54) is 66.7 Å². The highest BCUT2D eigenvalue weighted by Crippen LogP contribution is 2.27. The van der Waals surface area contributed by atoms with Gasteiger partial charge in [0.05, 0.1) is 18.2 Å². The van der Waals surface area contributed by atoms with E-state index in [1.54, 1.807) is 0 Å². The fourth-order valence-corrected chi connectivity index (χ4v) is 3.06. The van der Waals surface area contributed by atoms with E-state index in [4.69, 9.17) is 33.2 Å². The van der Waals surface area contributed by atoms with Crippen molar-refractivity contribution in [2.75, 3.05) is 20.7 Å². The Morgan fingerprint density at radius 3 is 1.52 bits per heavy atom. The third kappa shape index (κ3) is 8.81. The quantitative estimate of drug-likeness (QED) is 0.0950. The van der Waals surface area contributed by atoms with Gasteiger partial charge < -0.3 is 33.2 Å². The maximum Gasteiger partial charge on any atom is 0.343 e. The van der Waals surface area contributed by atoms with E-state index < -0.39 is 29.8 Å². The number of rotatable bonds is 13. The summed E-state index contributed by atoms with van der Waals surface area (Å²) in [6, 6.07) is 15.3. The van der Waals surface area contributed by atoms with Crippen molar-refractivity contribution in [3.63, 3.8) is 0 Å². The predicted octanol–water partition coefficient (Wildman–Crippen LogP) is 4.04. The molecule has 0 spiro atoms. The van der Waals surface area contributed by atoms with Gasteiger partial charge in [-0.2, -0.15) is 0 Å². The normalized spacial score (nSPS) is 9.93. The number of carbonyl (C=O) groups excluding carboxylic acids is 5. The molecular weight excluding hydrogens is 552 g/mol. The topological polar surface area (TPSA) is 150 Å². The van der Waals surface area contributed by atoms with Gasteiger partial charge in [-0.1, -0.05) is 13.2 Å². The van der Waals surface area contributed by atoms with Crippen molar-refractivity contribution in [3.05, 3.63) is 109 Å². The summed E-state index contributed by atoms with van der Waals surface area (Å²) in [5, 5.41) is 0. The van der Waals surface area contributed by atoms with Crippen LogP contribution in [0, 0.1) is 0 Å². The lowest BCUT2D eigenvalue weighted by Crippen LogP contribution is -2.14. The first-order valence-corrected chi connectivity index (χ1v) is 11.9. The average Bonchev–Trinajstić information content (AvgIpc) is 3.01. The summed E-state index contributed by atoms with van der Waals surface area (Å²) in [5.74, 6) is -3.18. The number of esters is 5. The minimum absolute atomic E-state index is 0.0180. The SMILES string of the molecule is C=CC(=O)OCOc1ccc(C(=O)Oc2ccc(OC(=O)c3ccc(OCOC(=O)C=C)cc3)c(C(=O)OC)c2)cc1. The fraction of sp³-hybridized carbons (Fsp3) is 0.100. The van der Waals surface area contributed by atoms with Gasteiger partial charge in [0.2, 0.25) is 13.6 Å². The van der Waals surface area contributed by atoms with Crippen LogP contribution in [0.1, 0.15) is 31.1 Å². The summed E-state index contributed by atoms with van der Waals surface area (Å²) >= 11 is 0. The molecule has 3 aromatic rings. The third-order valence-electron chi connectivity index (χ3n) is 5.14. The fourth-order valence-electron chi connectivity index (χ4n) is 3.06. The van der Waals surface area contributed by atoms with E-state index in [9.17, 15) is 24.0 Å². The molecule has 0 saturated heterocycles. The Labute approximate surface area is 239 Å². The molecule has 0 amide bonds. The van der Waals surface area contributed by atoms with Crippen molar-refractivity contribution >= 4 is 29.8 Å². The molecule has 0 aliphatic carbocycles. The average molecular weight is 577 g/mol. The zero-order valence-corrected chi connectivity index (χ0v) is 22.2. The lowest BCUT2D eigenvalue weighted by Gasteiger charge is -2.12. The van der Waals surface area contributed by atoms with E-state index in [1.807, 2.05) is 0 Å². The van der Waals surface area contributed by atoms with Gasteiger partial charge in [-0.25, -0.2) is 24.0 Å². The number of methoxy groups -OCH3 is 1. The summed E-state index contributed by atoms with van der Waals surface area (Å²) in [6.07, 6.45) is 1.99. The van der Waals surface area contributed by atoms with Crippen molar-refractivity contribution < 1.29 is 57.1 Å². The van der Waals surface area contributed by atoms with Gasteiger partial charge in [-0.05, 0) is 66.7 Å². The Hall–Kier alpha value is -5.91. The highest BCUT2D eigenvalue weighted by Gasteiger charge is 2.20. The molecule has 0 aliphatic heterocycles. The second-order valence-corrected chi connectivity index (χ2v) is 7.84. The maximum absolute atomic E-state index is 12.7. The third-order valence-corrected chi connectivity index (χ3v) is 5.14. The van der Waals surface area contributed by atoms with Crippen LogP contribution >= 0.6 is 0 Å². The Morgan fingerprint density at radius 1 is 0.619 bits per heavy atom. The lowest BCUT2D eigenvalue weighted by molar-refractivity contribution is -0.145. The standard InChI is InChI=1S/C30H24O12/c1-4-26(31)39-17-37-21-10-6-19(7-11-21)28(33)41-23-14-15-25(24(16-23)30(35)36-3)42-29(34)20-8-12-22(13-9-20)38-18-40-27(32)5-2/h4-16H,1-2,17-18H2,3H3. The maximum atomic E-state index is 12.7. The zero-order chi connectivity index (χ0) is 30.5. The molecule has 0 N–H and O–H groups in total. The van der Waals surface area contributed by atoms with Crippen molar-refractivity contribution in [2.45, 2.75) is 0 Å². The lowest BCUT2D eigenvalue weighted by atomic mass is 10.1. The van der Waals surface area contributed by atoms with E-state index in [-0.39, 0.29) is 41.8 Å². The van der Waals surface area contributed by atoms with Crippen molar-refractivity contribution in [3.8, 4) is 23.0 Å². The minimum Gasteiger partial charge on any atom is -0.465 e. The van der Waals surface area contributed by atoms with Crippen LogP contribution < -0.4 is 18.9 Å². The molecule has 0 saturated carbocycles. The molecule has 3 rings (SSSR count). The van der Waals surface area contributed by atoms with Gasteiger partial charge in [0.25, 0.3) is 0 Å². The Bertz CT molecular complexity index is 1470. The second kappa shape index (κ2) is 15.0. The zero-order valence-electron chi connectivity index (χ0n) is 22.2. The van der Waals surface area contributed by atoms with Gasteiger partial charge >= 0.3 is 29.8 Å². The number of benzene rings is 3. The summed E-state index contributed by atoms with van der Waals surface area (Å²) in [7, 11) is 1.14. The molecular formula is C30H24O12. The van der Waals surface area contributed by atoms with Crippen LogP contribution in [0.2, 0.25) is 0 Å². The summed E-state index contributed by atoms with van der Waals surface area (Å²) < 4.78 is 35.4. The number of carbonyl (C=O) groups is 5. The molecule has 0 fully saturated rings. The van der Waals surface area contributed by atoms with Gasteiger partial charge in [-0.3, -0.25) is 0 Å². The van der Waals surface area contributed by atoms with Gasteiger partial charge in [-0.15, -0.1) is 0 Å². The van der Waals surface area contributed by atoms with E-state index >= 15 is 0 Å². The van der Waals surface area contributed by atoms with Crippen LogP contribution in [-0.2, 0) is 23.8 Å². The van der Waals surface area contributed by atoms with Gasteiger partial charge in [0.15, 0.2) is 0 Å². The molecule has 12 nitrogen and oxygen atoms in total. The first-order chi connectivity index (χ1) is 20.2. The molecule has 0 radical (unpaired) electrons.